The van der Waals surface area contributed by atoms with E-state index in [9.17, 15) is 0 Å². The number of hydrogen-bond donors (Lipinski definition) is 0. The van der Waals surface area contributed by atoms with Crippen LogP contribution >= 0.6 is 0 Å². The smallest absolute Gasteiger partial charge is 0.165 e. The van der Waals surface area contributed by atoms with Crippen LogP contribution in [-0.2, 0) is 6.54 Å². The summed E-state index contributed by atoms with van der Waals surface area (Å²) in [4.78, 5) is 15.3. The van der Waals surface area contributed by atoms with Gasteiger partial charge in [0.05, 0.1) is 12.9 Å². The third-order valence-corrected chi connectivity index (χ3v) is 3.72. The summed E-state index contributed by atoms with van der Waals surface area (Å²) < 4.78 is 7.25. The van der Waals surface area contributed by atoms with Crippen LogP contribution in [0.2, 0.25) is 0 Å². The molecule has 0 unspecified atom stereocenters. The second-order valence-corrected chi connectivity index (χ2v) is 5.54. The van der Waals surface area contributed by atoms with E-state index < -0.39 is 0 Å². The first-order valence-electron chi connectivity index (χ1n) is 7.03. The Morgan fingerprint density at radius 1 is 1.33 bits per heavy atom. The summed E-state index contributed by atoms with van der Waals surface area (Å²) in [6, 6.07) is 2.48. The van der Waals surface area contributed by atoms with Gasteiger partial charge in [0.15, 0.2) is 17.0 Å². The molecular weight excluding hydrogens is 268 g/mol. The average Bonchev–Trinajstić information content (AvgIpc) is 3.10. The second-order valence-electron chi connectivity index (χ2n) is 5.54. The van der Waals surface area contributed by atoms with Crippen LogP contribution in [0.3, 0.4) is 0 Å². The molecule has 0 aliphatic heterocycles. The quantitative estimate of drug-likeness (QED) is 0.730. The predicted octanol–water partition coefficient (Wildman–Crippen LogP) is 2.09. The van der Waals surface area contributed by atoms with Crippen LogP contribution in [0, 0.1) is 6.92 Å². The largest absolute Gasteiger partial charge is 0.361 e. The second kappa shape index (κ2) is 4.54. The zero-order chi connectivity index (χ0) is 14.4. The van der Waals surface area contributed by atoms with Gasteiger partial charge in [-0.15, -0.1) is 0 Å². The lowest BCUT2D eigenvalue weighted by Crippen LogP contribution is -2.18. The van der Waals surface area contributed by atoms with Gasteiger partial charge in [0.25, 0.3) is 0 Å². The fraction of sp³-hybridized carbons (Fsp3) is 0.429. The highest BCUT2D eigenvalue weighted by Gasteiger charge is 2.26. The lowest BCUT2D eigenvalue weighted by Gasteiger charge is -2.16. The van der Waals surface area contributed by atoms with E-state index in [1.54, 1.807) is 6.33 Å². The normalized spacial score (nSPS) is 14.8. The molecule has 7 heteroatoms. The van der Waals surface area contributed by atoms with Crippen molar-refractivity contribution in [2.45, 2.75) is 32.4 Å². The number of hydrogen-bond acceptors (Lipinski definition) is 6. The molecule has 0 aromatic carbocycles. The average molecular weight is 284 g/mol. The van der Waals surface area contributed by atoms with Crippen LogP contribution in [0.5, 0.6) is 0 Å². The Balaban J connectivity index is 1.69. The van der Waals surface area contributed by atoms with Crippen LogP contribution in [0.25, 0.3) is 11.2 Å². The lowest BCUT2D eigenvalue weighted by atomic mass is 10.3. The third kappa shape index (κ3) is 2.14. The van der Waals surface area contributed by atoms with Gasteiger partial charge in [-0.25, -0.2) is 15.0 Å². The highest BCUT2D eigenvalue weighted by Crippen LogP contribution is 2.37. The van der Waals surface area contributed by atoms with Crippen LogP contribution < -0.4 is 4.90 Å². The van der Waals surface area contributed by atoms with Crippen molar-refractivity contribution in [2.75, 3.05) is 11.9 Å². The van der Waals surface area contributed by atoms with Gasteiger partial charge < -0.3 is 14.0 Å². The number of aryl methyl sites for hydroxylation is 1. The van der Waals surface area contributed by atoms with Gasteiger partial charge in [-0.05, 0) is 19.8 Å². The van der Waals surface area contributed by atoms with Gasteiger partial charge in [0.1, 0.15) is 17.8 Å². The third-order valence-electron chi connectivity index (χ3n) is 3.72. The van der Waals surface area contributed by atoms with Crippen LogP contribution in [0.4, 0.5) is 5.82 Å². The maximum Gasteiger partial charge on any atom is 0.165 e. The highest BCUT2D eigenvalue weighted by molar-refractivity contribution is 5.83. The Hall–Kier alpha value is -2.44. The lowest BCUT2D eigenvalue weighted by molar-refractivity contribution is 0.390. The summed E-state index contributed by atoms with van der Waals surface area (Å²) in [5, 5.41) is 4.02. The molecule has 0 spiro atoms. The van der Waals surface area contributed by atoms with E-state index in [0.717, 1.165) is 28.4 Å². The van der Waals surface area contributed by atoms with E-state index in [2.05, 4.69) is 24.7 Å². The van der Waals surface area contributed by atoms with Gasteiger partial charge in [0, 0.05) is 19.2 Å². The van der Waals surface area contributed by atoms with Gasteiger partial charge in [0.2, 0.25) is 0 Å². The van der Waals surface area contributed by atoms with E-state index in [1.807, 2.05) is 31.3 Å². The molecule has 21 heavy (non-hydrogen) atoms. The van der Waals surface area contributed by atoms with Crippen molar-refractivity contribution in [3.8, 4) is 0 Å². The highest BCUT2D eigenvalue weighted by atomic mass is 16.5. The SMILES string of the molecule is Cc1cc(CN(C)c2ncnc3c2ncn3C2CC2)no1. The molecule has 1 fully saturated rings. The molecule has 1 aliphatic carbocycles. The summed E-state index contributed by atoms with van der Waals surface area (Å²) in [7, 11) is 1.97. The number of anilines is 1. The standard InChI is InChI=1S/C14H16N6O/c1-9-5-10(18-21-9)6-19(2)13-12-14(16-7-15-13)20(8-17-12)11-3-4-11/h5,7-8,11H,3-4,6H2,1-2H3. The molecule has 3 aromatic heterocycles. The van der Waals surface area contributed by atoms with Crippen molar-refractivity contribution in [3.63, 3.8) is 0 Å². The zero-order valence-corrected chi connectivity index (χ0v) is 12.0. The Labute approximate surface area is 121 Å². The molecular formula is C14H16N6O. The van der Waals surface area contributed by atoms with Crippen molar-refractivity contribution in [1.29, 1.82) is 0 Å². The Morgan fingerprint density at radius 3 is 2.90 bits per heavy atom. The zero-order valence-electron chi connectivity index (χ0n) is 12.0. The van der Waals surface area contributed by atoms with E-state index in [-0.39, 0.29) is 0 Å². The molecule has 3 aromatic rings. The van der Waals surface area contributed by atoms with Crippen LogP contribution in [0.1, 0.15) is 30.3 Å². The maximum absolute atomic E-state index is 5.10. The fourth-order valence-electron chi connectivity index (χ4n) is 2.55. The molecule has 4 rings (SSSR count). The maximum atomic E-state index is 5.10. The Kier molecular flexibility index (Phi) is 2.66. The number of fused-ring (bicyclic) bond motifs is 1. The van der Waals surface area contributed by atoms with Crippen molar-refractivity contribution in [2.24, 2.45) is 0 Å². The van der Waals surface area contributed by atoms with Crippen molar-refractivity contribution in [1.82, 2.24) is 24.7 Å². The molecule has 0 N–H and O–H groups in total. The minimum atomic E-state index is 0.557. The minimum Gasteiger partial charge on any atom is -0.361 e. The first-order valence-corrected chi connectivity index (χ1v) is 7.03. The van der Waals surface area contributed by atoms with Crippen LogP contribution in [-0.4, -0.2) is 31.7 Å². The van der Waals surface area contributed by atoms with Crippen LogP contribution in [0.15, 0.2) is 23.2 Å². The number of imidazole rings is 1. The molecule has 0 saturated heterocycles. The first-order chi connectivity index (χ1) is 10.2. The topological polar surface area (TPSA) is 72.9 Å². The summed E-state index contributed by atoms with van der Waals surface area (Å²) in [5.74, 6) is 1.63. The Bertz CT molecular complexity index is 788. The molecule has 1 aliphatic rings. The molecule has 0 radical (unpaired) electrons. The number of rotatable bonds is 4. The molecule has 0 bridgehead atoms. The number of aromatic nitrogens is 5. The Morgan fingerprint density at radius 2 is 2.19 bits per heavy atom. The summed E-state index contributed by atoms with van der Waals surface area (Å²) >= 11 is 0. The van der Waals surface area contributed by atoms with Crippen molar-refractivity contribution in [3.05, 3.63) is 30.2 Å². The van der Waals surface area contributed by atoms with Gasteiger partial charge >= 0.3 is 0 Å². The van der Waals surface area contributed by atoms with E-state index in [1.165, 1.54) is 12.8 Å². The molecule has 108 valence electrons. The fourth-order valence-corrected chi connectivity index (χ4v) is 2.55. The monoisotopic (exact) mass is 284 g/mol. The first kappa shape index (κ1) is 12.3. The van der Waals surface area contributed by atoms with Gasteiger partial charge in [-0.2, -0.15) is 0 Å². The number of nitrogens with zero attached hydrogens (tertiary/aromatic N) is 6. The molecule has 0 amide bonds. The van der Waals surface area contributed by atoms with E-state index in [0.29, 0.717) is 12.6 Å². The molecule has 0 atom stereocenters. The minimum absolute atomic E-state index is 0.557. The van der Waals surface area contributed by atoms with E-state index in [4.69, 9.17) is 4.52 Å². The summed E-state index contributed by atoms with van der Waals surface area (Å²) in [5.41, 5.74) is 2.63. The predicted molar refractivity (Wildman–Crippen MR) is 76.9 cm³/mol. The van der Waals surface area contributed by atoms with E-state index >= 15 is 0 Å². The molecule has 1 saturated carbocycles. The summed E-state index contributed by atoms with van der Waals surface area (Å²) in [6.07, 6.45) is 5.88. The van der Waals surface area contributed by atoms with Crippen molar-refractivity contribution < 1.29 is 4.52 Å². The van der Waals surface area contributed by atoms with Crippen molar-refractivity contribution >= 4 is 17.0 Å². The molecule has 3 heterocycles. The van der Waals surface area contributed by atoms with Gasteiger partial charge in [-0.3, -0.25) is 0 Å². The van der Waals surface area contributed by atoms with Gasteiger partial charge in [-0.1, -0.05) is 5.16 Å². The summed E-state index contributed by atoms with van der Waals surface area (Å²) in [6.45, 7) is 2.51. The molecule has 7 nitrogen and oxygen atoms in total.